The molecule has 0 saturated carbocycles. The van der Waals surface area contributed by atoms with Gasteiger partial charge in [0.15, 0.2) is 0 Å². The quantitative estimate of drug-likeness (QED) is 0.724. The van der Waals surface area contributed by atoms with Gasteiger partial charge in [0, 0.05) is 34.6 Å². The summed E-state index contributed by atoms with van der Waals surface area (Å²) in [6, 6.07) is 6.72. The molecule has 3 amide bonds. The number of anilines is 2. The van der Waals surface area contributed by atoms with Gasteiger partial charge in [-0.05, 0) is 51.1 Å². The molecule has 0 fully saturated rings. The van der Waals surface area contributed by atoms with E-state index < -0.39 is 0 Å². The van der Waals surface area contributed by atoms with Gasteiger partial charge < -0.3 is 16.0 Å². The zero-order valence-electron chi connectivity index (χ0n) is 13.8. The fourth-order valence-electron chi connectivity index (χ4n) is 1.86. The topological polar surface area (TPSA) is 83.1 Å². The molecule has 0 radical (unpaired) electrons. The van der Waals surface area contributed by atoms with Crippen LogP contribution in [0.5, 0.6) is 0 Å². The Morgan fingerprint density at radius 2 is 1.75 bits per heavy atom. The Balaban J connectivity index is 1.87. The number of benzene rings is 1. The summed E-state index contributed by atoms with van der Waals surface area (Å²) in [5, 5.41) is 9.18. The van der Waals surface area contributed by atoms with Crippen LogP contribution in [0.25, 0.3) is 6.08 Å². The third-order valence-electron chi connectivity index (χ3n) is 2.87. The molecule has 2 rings (SSSR count). The van der Waals surface area contributed by atoms with Crippen molar-refractivity contribution >= 4 is 40.7 Å². The van der Waals surface area contributed by atoms with Gasteiger partial charge in [0.2, 0.25) is 5.91 Å². The Bertz CT molecular complexity index is 735. The molecule has 0 aliphatic carbocycles. The fraction of sp³-hybridized carbons (Fsp3) is 0.235. The second-order valence-corrected chi connectivity index (χ2v) is 6.70. The van der Waals surface area contributed by atoms with Gasteiger partial charge >= 0.3 is 6.03 Å². The summed E-state index contributed by atoms with van der Waals surface area (Å²) in [6.07, 6.45) is 4.92. The van der Waals surface area contributed by atoms with Gasteiger partial charge in [0.05, 0.1) is 5.01 Å². The number of nitrogens with one attached hydrogen (secondary N) is 3. The molecule has 6 nitrogen and oxygen atoms in total. The van der Waals surface area contributed by atoms with Crippen LogP contribution in [0.4, 0.5) is 16.2 Å². The second kappa shape index (κ2) is 8.26. The van der Waals surface area contributed by atoms with E-state index in [2.05, 4.69) is 20.9 Å². The van der Waals surface area contributed by atoms with E-state index in [-0.39, 0.29) is 18.0 Å². The fourth-order valence-corrected chi connectivity index (χ4v) is 2.55. The van der Waals surface area contributed by atoms with Crippen molar-refractivity contribution in [1.29, 1.82) is 0 Å². The number of rotatable bonds is 5. The van der Waals surface area contributed by atoms with Gasteiger partial charge in [0.1, 0.15) is 0 Å². The second-order valence-electron chi connectivity index (χ2n) is 5.43. The van der Waals surface area contributed by atoms with Gasteiger partial charge in [-0.25, -0.2) is 9.78 Å². The molecule has 24 heavy (non-hydrogen) atoms. The van der Waals surface area contributed by atoms with E-state index >= 15 is 0 Å². The van der Waals surface area contributed by atoms with Gasteiger partial charge in [-0.3, -0.25) is 4.79 Å². The lowest BCUT2D eigenvalue weighted by Gasteiger charge is -2.10. The summed E-state index contributed by atoms with van der Waals surface area (Å²) in [5.74, 6) is -0.223. The molecule has 0 saturated heterocycles. The van der Waals surface area contributed by atoms with E-state index in [1.165, 1.54) is 17.4 Å². The van der Waals surface area contributed by atoms with Gasteiger partial charge in [-0.2, -0.15) is 0 Å². The summed E-state index contributed by atoms with van der Waals surface area (Å²) < 4.78 is 0. The number of amides is 3. The third-order valence-corrected chi connectivity index (χ3v) is 3.75. The van der Waals surface area contributed by atoms with Gasteiger partial charge in [-0.1, -0.05) is 0 Å². The number of carbonyl (C=O) groups excluding carboxylic acids is 2. The number of thiazole rings is 1. The van der Waals surface area contributed by atoms with Gasteiger partial charge in [0.25, 0.3) is 0 Å². The molecule has 7 heteroatoms. The molecule has 0 atom stereocenters. The molecule has 0 bridgehead atoms. The zero-order chi connectivity index (χ0) is 17.5. The number of hydrogen-bond donors (Lipinski definition) is 3. The maximum atomic E-state index is 11.9. The van der Waals surface area contributed by atoms with Crippen molar-refractivity contribution in [1.82, 2.24) is 10.3 Å². The summed E-state index contributed by atoms with van der Waals surface area (Å²) >= 11 is 1.52. The lowest BCUT2D eigenvalue weighted by molar-refractivity contribution is -0.111. The van der Waals surface area contributed by atoms with Crippen molar-refractivity contribution in [3.63, 3.8) is 0 Å². The van der Waals surface area contributed by atoms with Crippen LogP contribution in [0.15, 0.2) is 36.5 Å². The summed E-state index contributed by atoms with van der Waals surface area (Å²) in [4.78, 5) is 28.5. The molecule has 0 unspecified atom stereocenters. The predicted molar refractivity (Wildman–Crippen MR) is 98.2 cm³/mol. The Labute approximate surface area is 145 Å². The highest BCUT2D eigenvalue weighted by Gasteiger charge is 2.04. The number of carbonyl (C=O) groups is 2. The molecule has 0 aliphatic heterocycles. The maximum Gasteiger partial charge on any atom is 0.319 e. The Kier molecular flexibility index (Phi) is 6.08. The number of hydrogen-bond acceptors (Lipinski definition) is 4. The van der Waals surface area contributed by atoms with Crippen LogP contribution in [0, 0.1) is 6.92 Å². The average molecular weight is 344 g/mol. The molecule has 0 aliphatic rings. The van der Waals surface area contributed by atoms with Crippen molar-refractivity contribution in [3.05, 3.63) is 46.4 Å². The van der Waals surface area contributed by atoms with Gasteiger partial charge in [-0.15, -0.1) is 11.3 Å². The minimum absolute atomic E-state index is 0.0673. The molecule has 3 N–H and O–H groups in total. The molecule has 2 aromatic rings. The largest absolute Gasteiger partial charge is 0.336 e. The van der Waals surface area contributed by atoms with E-state index in [0.717, 1.165) is 9.88 Å². The van der Waals surface area contributed by atoms with E-state index in [0.29, 0.717) is 11.4 Å². The molecule has 1 aromatic heterocycles. The van der Waals surface area contributed by atoms with E-state index in [9.17, 15) is 9.59 Å². The van der Waals surface area contributed by atoms with E-state index in [1.54, 1.807) is 36.5 Å². The standard InChI is InChI=1S/C17H20N4O2S/c1-11(2)19-17(23)21-14-6-4-13(5-7-14)20-16(22)9-8-15-10-18-12(3)24-15/h4-11H,1-3H3,(H,20,22)(H2,19,21,23)/b9-8+. The summed E-state index contributed by atoms with van der Waals surface area (Å²) in [6.45, 7) is 5.69. The predicted octanol–water partition coefficient (Wildman–Crippen LogP) is 3.63. The van der Waals surface area contributed by atoms with Crippen molar-refractivity contribution in [3.8, 4) is 0 Å². The molecule has 1 heterocycles. The van der Waals surface area contributed by atoms with Crippen molar-refractivity contribution in [2.24, 2.45) is 0 Å². The van der Waals surface area contributed by atoms with Crippen LogP contribution in [0.3, 0.4) is 0 Å². The molecular weight excluding hydrogens is 324 g/mol. The van der Waals surface area contributed by atoms with Crippen LogP contribution in [0.1, 0.15) is 23.7 Å². The number of aromatic nitrogens is 1. The minimum atomic E-state index is -0.260. The van der Waals surface area contributed by atoms with Crippen LogP contribution < -0.4 is 16.0 Å². The first-order valence-electron chi connectivity index (χ1n) is 7.51. The highest BCUT2D eigenvalue weighted by Crippen LogP contribution is 2.15. The smallest absolute Gasteiger partial charge is 0.319 e. The number of nitrogens with zero attached hydrogens (tertiary/aromatic N) is 1. The number of urea groups is 1. The normalized spacial score (nSPS) is 10.8. The lowest BCUT2D eigenvalue weighted by Crippen LogP contribution is -2.34. The molecule has 1 aromatic carbocycles. The highest BCUT2D eigenvalue weighted by atomic mass is 32.1. The summed E-state index contributed by atoms with van der Waals surface area (Å²) in [5.41, 5.74) is 1.31. The Morgan fingerprint density at radius 1 is 1.12 bits per heavy atom. The van der Waals surface area contributed by atoms with Crippen molar-refractivity contribution in [2.45, 2.75) is 26.8 Å². The average Bonchev–Trinajstić information content (AvgIpc) is 2.92. The maximum absolute atomic E-state index is 11.9. The summed E-state index contributed by atoms with van der Waals surface area (Å²) in [7, 11) is 0. The van der Waals surface area contributed by atoms with Crippen molar-refractivity contribution in [2.75, 3.05) is 10.6 Å². The Hall–Kier alpha value is -2.67. The minimum Gasteiger partial charge on any atom is -0.336 e. The van der Waals surface area contributed by atoms with Crippen LogP contribution in [-0.4, -0.2) is 23.0 Å². The monoisotopic (exact) mass is 344 g/mol. The first-order chi connectivity index (χ1) is 11.4. The molecule has 126 valence electrons. The SMILES string of the molecule is Cc1ncc(/C=C/C(=O)Nc2ccc(NC(=O)NC(C)C)cc2)s1. The Morgan fingerprint density at radius 3 is 2.29 bits per heavy atom. The van der Waals surface area contributed by atoms with Crippen molar-refractivity contribution < 1.29 is 9.59 Å². The molecular formula is C17H20N4O2S. The zero-order valence-corrected chi connectivity index (χ0v) is 14.6. The van der Waals surface area contributed by atoms with Crippen LogP contribution in [0.2, 0.25) is 0 Å². The van der Waals surface area contributed by atoms with E-state index in [1.807, 2.05) is 20.8 Å². The third kappa shape index (κ3) is 5.85. The van der Waals surface area contributed by atoms with E-state index in [4.69, 9.17) is 0 Å². The first-order valence-corrected chi connectivity index (χ1v) is 8.33. The molecule has 0 spiro atoms. The van der Waals surface area contributed by atoms with Crippen LogP contribution >= 0.6 is 11.3 Å². The lowest BCUT2D eigenvalue weighted by atomic mass is 10.2. The van der Waals surface area contributed by atoms with Crippen LogP contribution in [-0.2, 0) is 4.79 Å². The highest BCUT2D eigenvalue weighted by molar-refractivity contribution is 7.12. The first kappa shape index (κ1) is 17.7. The number of aryl methyl sites for hydroxylation is 1.